The minimum absolute atomic E-state index is 0.123. The van der Waals surface area contributed by atoms with E-state index in [1.807, 2.05) is 14.0 Å². The van der Waals surface area contributed by atoms with E-state index < -0.39 is 0 Å². The van der Waals surface area contributed by atoms with Crippen LogP contribution in [-0.2, 0) is 21.5 Å². The lowest BCUT2D eigenvalue weighted by atomic mass is 9.87. The quantitative estimate of drug-likeness (QED) is 0.747. The molecule has 1 aromatic carbocycles. The first-order valence-corrected chi connectivity index (χ1v) is 7.26. The first kappa shape index (κ1) is 16.7. The number of nitrogens with zero attached hydrogens (tertiary/aromatic N) is 1. The van der Waals surface area contributed by atoms with Crippen molar-refractivity contribution in [3.8, 4) is 0 Å². The van der Waals surface area contributed by atoms with E-state index in [4.69, 9.17) is 4.74 Å². The minimum atomic E-state index is -0.123. The van der Waals surface area contributed by atoms with Crippen LogP contribution in [0.4, 0.5) is 0 Å². The SMILES string of the molecule is CCOC(=O)CCN(C)Cc1ccc(C(C)(C)C)cc1. The van der Waals surface area contributed by atoms with Gasteiger partial charge in [0.1, 0.15) is 0 Å². The molecular weight excluding hydrogens is 250 g/mol. The van der Waals surface area contributed by atoms with Gasteiger partial charge >= 0.3 is 5.97 Å². The largest absolute Gasteiger partial charge is 0.466 e. The first-order chi connectivity index (χ1) is 9.32. The number of carbonyl (C=O) groups is 1. The van der Waals surface area contributed by atoms with Crippen LogP contribution in [0.15, 0.2) is 24.3 Å². The van der Waals surface area contributed by atoms with Gasteiger partial charge in [-0.1, -0.05) is 45.0 Å². The zero-order valence-electron chi connectivity index (χ0n) is 13.4. The van der Waals surface area contributed by atoms with Gasteiger partial charge in [0.15, 0.2) is 0 Å². The van der Waals surface area contributed by atoms with E-state index in [0.717, 1.165) is 13.1 Å². The number of hydrogen-bond acceptors (Lipinski definition) is 3. The van der Waals surface area contributed by atoms with Crippen LogP contribution in [0.2, 0.25) is 0 Å². The summed E-state index contributed by atoms with van der Waals surface area (Å²) in [5, 5.41) is 0. The van der Waals surface area contributed by atoms with Crippen LogP contribution in [0.5, 0.6) is 0 Å². The van der Waals surface area contributed by atoms with Gasteiger partial charge in [0.2, 0.25) is 0 Å². The van der Waals surface area contributed by atoms with Crippen LogP contribution < -0.4 is 0 Å². The van der Waals surface area contributed by atoms with Crippen molar-refractivity contribution in [2.45, 2.75) is 46.1 Å². The van der Waals surface area contributed by atoms with Crippen molar-refractivity contribution in [3.05, 3.63) is 35.4 Å². The maximum atomic E-state index is 11.3. The fourth-order valence-corrected chi connectivity index (χ4v) is 2.02. The van der Waals surface area contributed by atoms with Crippen LogP contribution in [-0.4, -0.2) is 31.1 Å². The molecule has 0 unspecified atom stereocenters. The van der Waals surface area contributed by atoms with E-state index in [0.29, 0.717) is 13.0 Å². The highest BCUT2D eigenvalue weighted by atomic mass is 16.5. The summed E-state index contributed by atoms with van der Waals surface area (Å²) in [6.45, 7) is 10.5. The van der Waals surface area contributed by atoms with Gasteiger partial charge in [-0.3, -0.25) is 4.79 Å². The smallest absolute Gasteiger partial charge is 0.307 e. The molecule has 3 nitrogen and oxygen atoms in total. The van der Waals surface area contributed by atoms with Crippen molar-refractivity contribution in [2.24, 2.45) is 0 Å². The van der Waals surface area contributed by atoms with Crippen molar-refractivity contribution in [2.75, 3.05) is 20.2 Å². The molecule has 3 heteroatoms. The molecule has 20 heavy (non-hydrogen) atoms. The molecule has 0 spiro atoms. The molecule has 0 saturated carbocycles. The number of benzene rings is 1. The molecule has 0 radical (unpaired) electrons. The van der Waals surface area contributed by atoms with E-state index in [1.165, 1.54) is 11.1 Å². The van der Waals surface area contributed by atoms with Crippen molar-refractivity contribution in [1.82, 2.24) is 4.90 Å². The van der Waals surface area contributed by atoms with Crippen LogP contribution >= 0.6 is 0 Å². The number of ether oxygens (including phenoxy) is 1. The highest BCUT2D eigenvalue weighted by Crippen LogP contribution is 2.22. The molecule has 0 aliphatic rings. The van der Waals surface area contributed by atoms with Crippen molar-refractivity contribution in [3.63, 3.8) is 0 Å². The molecule has 0 heterocycles. The summed E-state index contributed by atoms with van der Waals surface area (Å²) in [6.07, 6.45) is 0.449. The van der Waals surface area contributed by atoms with E-state index in [1.54, 1.807) is 0 Å². The third-order valence-corrected chi connectivity index (χ3v) is 3.28. The average Bonchev–Trinajstić information content (AvgIpc) is 2.36. The van der Waals surface area contributed by atoms with Crippen molar-refractivity contribution >= 4 is 5.97 Å². The van der Waals surface area contributed by atoms with Gasteiger partial charge in [0.25, 0.3) is 0 Å². The Morgan fingerprint density at radius 3 is 2.30 bits per heavy atom. The lowest BCUT2D eigenvalue weighted by Gasteiger charge is -2.20. The van der Waals surface area contributed by atoms with Gasteiger partial charge in [0, 0.05) is 13.1 Å². The Labute approximate surface area is 122 Å². The third-order valence-electron chi connectivity index (χ3n) is 3.28. The molecule has 0 bridgehead atoms. The summed E-state index contributed by atoms with van der Waals surface area (Å²) in [5.41, 5.74) is 2.80. The van der Waals surface area contributed by atoms with Gasteiger partial charge in [-0.2, -0.15) is 0 Å². The monoisotopic (exact) mass is 277 g/mol. The predicted octanol–water partition coefficient (Wildman–Crippen LogP) is 3.37. The first-order valence-electron chi connectivity index (χ1n) is 7.26. The Bertz CT molecular complexity index is 418. The zero-order chi connectivity index (χ0) is 15.2. The topological polar surface area (TPSA) is 29.5 Å². The standard InChI is InChI=1S/C17H27NO2/c1-6-20-16(19)11-12-18(5)13-14-7-9-15(10-8-14)17(2,3)4/h7-10H,6,11-13H2,1-5H3. The van der Waals surface area contributed by atoms with Gasteiger partial charge in [-0.25, -0.2) is 0 Å². The molecule has 0 aliphatic heterocycles. The van der Waals surface area contributed by atoms with Gasteiger partial charge < -0.3 is 9.64 Å². The van der Waals surface area contributed by atoms with E-state index in [2.05, 4.69) is 49.9 Å². The summed E-state index contributed by atoms with van der Waals surface area (Å²) < 4.78 is 4.93. The molecule has 0 fully saturated rings. The fraction of sp³-hybridized carbons (Fsp3) is 0.588. The molecule has 0 atom stereocenters. The van der Waals surface area contributed by atoms with Crippen molar-refractivity contribution in [1.29, 1.82) is 0 Å². The normalized spacial score (nSPS) is 11.7. The predicted molar refractivity (Wildman–Crippen MR) is 82.7 cm³/mol. The third kappa shape index (κ3) is 5.74. The highest BCUT2D eigenvalue weighted by molar-refractivity contribution is 5.69. The molecule has 112 valence electrons. The maximum absolute atomic E-state index is 11.3. The summed E-state index contributed by atoms with van der Waals surface area (Å²) >= 11 is 0. The molecule has 0 N–H and O–H groups in total. The lowest BCUT2D eigenvalue weighted by molar-refractivity contribution is -0.143. The maximum Gasteiger partial charge on any atom is 0.307 e. The second-order valence-corrected chi connectivity index (χ2v) is 6.24. The van der Waals surface area contributed by atoms with Crippen LogP contribution in [0.25, 0.3) is 0 Å². The Morgan fingerprint density at radius 2 is 1.80 bits per heavy atom. The summed E-state index contributed by atoms with van der Waals surface area (Å²) in [6, 6.07) is 8.71. The highest BCUT2D eigenvalue weighted by Gasteiger charge is 2.13. The van der Waals surface area contributed by atoms with Gasteiger partial charge in [-0.15, -0.1) is 0 Å². The number of carbonyl (C=O) groups excluding carboxylic acids is 1. The van der Waals surface area contributed by atoms with Crippen LogP contribution in [0.3, 0.4) is 0 Å². The molecular formula is C17H27NO2. The van der Waals surface area contributed by atoms with Crippen LogP contribution in [0, 0.1) is 0 Å². The Hall–Kier alpha value is -1.35. The van der Waals surface area contributed by atoms with Crippen molar-refractivity contribution < 1.29 is 9.53 Å². The van der Waals surface area contributed by atoms with Crippen LogP contribution in [0.1, 0.15) is 45.2 Å². The molecule has 0 amide bonds. The van der Waals surface area contributed by atoms with E-state index >= 15 is 0 Å². The summed E-state index contributed by atoms with van der Waals surface area (Å²) in [4.78, 5) is 13.4. The second kappa shape index (κ2) is 7.44. The Balaban J connectivity index is 2.46. The molecule has 0 saturated heterocycles. The zero-order valence-corrected chi connectivity index (χ0v) is 13.4. The second-order valence-electron chi connectivity index (χ2n) is 6.24. The van der Waals surface area contributed by atoms with Gasteiger partial charge in [0.05, 0.1) is 13.0 Å². The van der Waals surface area contributed by atoms with E-state index in [9.17, 15) is 4.79 Å². The number of rotatable bonds is 6. The van der Waals surface area contributed by atoms with E-state index in [-0.39, 0.29) is 11.4 Å². The molecule has 1 rings (SSSR count). The number of hydrogen-bond donors (Lipinski definition) is 0. The fourth-order valence-electron chi connectivity index (χ4n) is 2.02. The molecule has 0 aliphatic carbocycles. The average molecular weight is 277 g/mol. The molecule has 0 aromatic heterocycles. The number of esters is 1. The summed E-state index contributed by atoms with van der Waals surface area (Å²) in [5.74, 6) is -0.123. The molecule has 1 aromatic rings. The lowest BCUT2D eigenvalue weighted by Crippen LogP contribution is -2.22. The Kier molecular flexibility index (Phi) is 6.21. The summed E-state index contributed by atoms with van der Waals surface area (Å²) in [7, 11) is 2.02. The minimum Gasteiger partial charge on any atom is -0.466 e. The van der Waals surface area contributed by atoms with Gasteiger partial charge in [-0.05, 0) is 30.5 Å². The Morgan fingerprint density at radius 1 is 1.20 bits per heavy atom.